The number of benzene rings is 2. The van der Waals surface area contributed by atoms with E-state index in [4.69, 9.17) is 21.3 Å². The third kappa shape index (κ3) is 3.08. The molecule has 0 amide bonds. The van der Waals surface area contributed by atoms with E-state index in [1.165, 1.54) is 0 Å². The molecule has 1 aliphatic carbocycles. The minimum Gasteiger partial charge on any atom is -0.497 e. The lowest BCUT2D eigenvalue weighted by Gasteiger charge is -2.34. The summed E-state index contributed by atoms with van der Waals surface area (Å²) in [4.78, 5) is 7.16. The molecule has 0 radical (unpaired) electrons. The van der Waals surface area contributed by atoms with Crippen LogP contribution in [0.15, 0.2) is 61.2 Å². The molecule has 1 aliphatic heterocycles. The first-order valence-electron chi connectivity index (χ1n) is 10.9. The van der Waals surface area contributed by atoms with Gasteiger partial charge in [0.25, 0.3) is 0 Å². The SMILES string of the molecule is C=CC1C2CCN([C@H](O)c3cc(-c4ccc(Cl)cc4)nc4ccc(OC)cc34)C12CC. The zero-order valence-corrected chi connectivity index (χ0v) is 18.6. The quantitative estimate of drug-likeness (QED) is 0.495. The summed E-state index contributed by atoms with van der Waals surface area (Å²) in [5.41, 5.74) is 3.49. The van der Waals surface area contributed by atoms with Crippen LogP contribution < -0.4 is 4.74 Å². The Kier molecular flexibility index (Phi) is 5.04. The fraction of sp³-hybridized carbons (Fsp3) is 0.346. The molecule has 1 saturated heterocycles. The summed E-state index contributed by atoms with van der Waals surface area (Å²) < 4.78 is 5.46. The van der Waals surface area contributed by atoms with E-state index in [1.807, 2.05) is 48.5 Å². The maximum absolute atomic E-state index is 11.7. The lowest BCUT2D eigenvalue weighted by molar-refractivity contribution is -0.0280. The topological polar surface area (TPSA) is 45.6 Å². The summed E-state index contributed by atoms with van der Waals surface area (Å²) in [6.07, 6.45) is 3.44. The molecule has 5 rings (SSSR count). The number of halogens is 1. The third-order valence-electron chi connectivity index (χ3n) is 7.34. The minimum atomic E-state index is -0.724. The zero-order valence-electron chi connectivity index (χ0n) is 17.9. The molecular formula is C26H27ClN2O2. The highest BCUT2D eigenvalue weighted by Crippen LogP contribution is 2.65. The average molecular weight is 435 g/mol. The number of ether oxygens (including phenoxy) is 1. The number of pyridine rings is 1. The van der Waals surface area contributed by atoms with Gasteiger partial charge in [-0.25, -0.2) is 4.98 Å². The number of aromatic nitrogens is 1. The molecule has 160 valence electrons. The Balaban J connectivity index is 1.65. The first-order valence-corrected chi connectivity index (χ1v) is 11.2. The molecule has 2 fully saturated rings. The molecule has 0 bridgehead atoms. The van der Waals surface area contributed by atoms with Gasteiger partial charge in [0.2, 0.25) is 0 Å². The first-order chi connectivity index (χ1) is 15.0. The van der Waals surface area contributed by atoms with Gasteiger partial charge in [0.15, 0.2) is 0 Å². The van der Waals surface area contributed by atoms with Crippen molar-refractivity contribution in [3.63, 3.8) is 0 Å². The Bertz CT molecular complexity index is 1150. The molecule has 4 atom stereocenters. The number of fused-ring (bicyclic) bond motifs is 2. The van der Waals surface area contributed by atoms with Gasteiger partial charge in [-0.3, -0.25) is 4.90 Å². The second-order valence-corrected chi connectivity index (χ2v) is 8.99. The third-order valence-corrected chi connectivity index (χ3v) is 7.59. The molecule has 4 nitrogen and oxygen atoms in total. The molecular weight excluding hydrogens is 408 g/mol. The van der Waals surface area contributed by atoms with Gasteiger partial charge < -0.3 is 9.84 Å². The minimum absolute atomic E-state index is 0.00998. The summed E-state index contributed by atoms with van der Waals surface area (Å²) >= 11 is 6.09. The van der Waals surface area contributed by atoms with Gasteiger partial charge in [-0.05, 0) is 61.1 Å². The summed E-state index contributed by atoms with van der Waals surface area (Å²) in [7, 11) is 1.66. The lowest BCUT2D eigenvalue weighted by atomic mass is 10.00. The van der Waals surface area contributed by atoms with Crippen molar-refractivity contribution in [1.29, 1.82) is 0 Å². The molecule has 2 heterocycles. The van der Waals surface area contributed by atoms with E-state index in [1.54, 1.807) is 7.11 Å². The van der Waals surface area contributed by atoms with Crippen LogP contribution in [-0.2, 0) is 0 Å². The van der Waals surface area contributed by atoms with Crippen LogP contribution in [0.25, 0.3) is 22.2 Å². The van der Waals surface area contributed by atoms with Crippen molar-refractivity contribution in [3.8, 4) is 17.0 Å². The number of methoxy groups -OCH3 is 1. The molecule has 31 heavy (non-hydrogen) atoms. The van der Waals surface area contributed by atoms with Crippen molar-refractivity contribution in [2.45, 2.75) is 31.5 Å². The van der Waals surface area contributed by atoms with Crippen LogP contribution in [0, 0.1) is 11.8 Å². The Morgan fingerprint density at radius 3 is 2.71 bits per heavy atom. The van der Waals surface area contributed by atoms with Gasteiger partial charge in [-0.15, -0.1) is 6.58 Å². The number of nitrogens with zero attached hydrogens (tertiary/aromatic N) is 2. The van der Waals surface area contributed by atoms with Gasteiger partial charge in [-0.2, -0.15) is 0 Å². The monoisotopic (exact) mass is 434 g/mol. The van der Waals surface area contributed by atoms with Crippen LogP contribution in [0.3, 0.4) is 0 Å². The number of hydrogen-bond donors (Lipinski definition) is 1. The van der Waals surface area contributed by atoms with Crippen molar-refractivity contribution >= 4 is 22.5 Å². The van der Waals surface area contributed by atoms with Crippen molar-refractivity contribution in [2.24, 2.45) is 11.8 Å². The standard InChI is InChI=1S/C26H27ClN2O2/c1-4-21-22-12-13-29(26(21,22)5-2)25(30)20-15-24(16-6-8-17(27)9-7-16)28-23-11-10-18(31-3)14-19(20)23/h4,6-11,14-15,21-22,25,30H,1,5,12-13H2,2-3H3/t21?,22?,25-,26?/m1/s1. The van der Waals surface area contributed by atoms with E-state index in [0.29, 0.717) is 16.9 Å². The van der Waals surface area contributed by atoms with Gasteiger partial charge in [-0.1, -0.05) is 36.7 Å². The highest BCUT2D eigenvalue weighted by molar-refractivity contribution is 6.30. The molecule has 3 unspecified atom stereocenters. The number of aliphatic hydroxyl groups is 1. The van der Waals surface area contributed by atoms with Gasteiger partial charge in [0.05, 0.1) is 18.3 Å². The van der Waals surface area contributed by atoms with Crippen LogP contribution in [0.5, 0.6) is 5.75 Å². The number of rotatable bonds is 6. The Labute approximate surface area is 188 Å². The van der Waals surface area contributed by atoms with Crippen molar-refractivity contribution < 1.29 is 9.84 Å². The molecule has 0 spiro atoms. The van der Waals surface area contributed by atoms with Crippen LogP contribution in [-0.4, -0.2) is 34.2 Å². The van der Waals surface area contributed by atoms with Crippen LogP contribution >= 0.6 is 11.6 Å². The Morgan fingerprint density at radius 2 is 2.06 bits per heavy atom. The van der Waals surface area contributed by atoms with Crippen molar-refractivity contribution in [2.75, 3.05) is 13.7 Å². The first kappa shape index (κ1) is 20.5. The van der Waals surface area contributed by atoms with Gasteiger partial charge >= 0.3 is 0 Å². The normalized spacial score (nSPS) is 25.9. The van der Waals surface area contributed by atoms with E-state index in [9.17, 15) is 5.11 Å². The highest BCUT2D eigenvalue weighted by atomic mass is 35.5. The average Bonchev–Trinajstić information content (AvgIpc) is 3.28. The second kappa shape index (κ2) is 7.63. The van der Waals surface area contributed by atoms with Crippen molar-refractivity contribution in [1.82, 2.24) is 9.88 Å². The van der Waals surface area contributed by atoms with E-state index >= 15 is 0 Å². The number of piperidine rings is 1. The number of aliphatic hydroxyl groups excluding tert-OH is 1. The molecule has 3 aromatic rings. The predicted octanol–water partition coefficient (Wildman–Crippen LogP) is 5.84. The smallest absolute Gasteiger partial charge is 0.134 e. The molecule has 2 aliphatic rings. The maximum atomic E-state index is 11.7. The predicted molar refractivity (Wildman–Crippen MR) is 125 cm³/mol. The summed E-state index contributed by atoms with van der Waals surface area (Å²) in [6, 6.07) is 15.5. The zero-order chi connectivity index (χ0) is 21.8. The van der Waals surface area contributed by atoms with E-state index in [0.717, 1.165) is 52.9 Å². The molecule has 1 N–H and O–H groups in total. The fourth-order valence-corrected chi connectivity index (χ4v) is 5.91. The summed E-state index contributed by atoms with van der Waals surface area (Å²) in [6.45, 7) is 7.15. The van der Waals surface area contributed by atoms with Gasteiger partial charge in [0, 0.05) is 33.6 Å². The Morgan fingerprint density at radius 1 is 1.29 bits per heavy atom. The van der Waals surface area contributed by atoms with E-state index < -0.39 is 6.23 Å². The molecule has 1 saturated carbocycles. The Hall–Kier alpha value is -2.40. The van der Waals surface area contributed by atoms with Crippen LogP contribution in [0.2, 0.25) is 5.02 Å². The maximum Gasteiger partial charge on any atom is 0.134 e. The molecule has 1 aromatic heterocycles. The van der Waals surface area contributed by atoms with Crippen LogP contribution in [0.1, 0.15) is 31.6 Å². The number of hydrogen-bond acceptors (Lipinski definition) is 4. The summed E-state index contributed by atoms with van der Waals surface area (Å²) in [5, 5.41) is 13.3. The largest absolute Gasteiger partial charge is 0.497 e. The van der Waals surface area contributed by atoms with Crippen LogP contribution in [0.4, 0.5) is 0 Å². The lowest BCUT2D eigenvalue weighted by Crippen LogP contribution is -2.39. The highest BCUT2D eigenvalue weighted by Gasteiger charge is 2.69. The fourth-order valence-electron chi connectivity index (χ4n) is 5.78. The van der Waals surface area contributed by atoms with Crippen molar-refractivity contribution in [3.05, 3.63) is 71.8 Å². The number of likely N-dealkylation sites (tertiary alicyclic amines) is 1. The second-order valence-electron chi connectivity index (χ2n) is 8.56. The van der Waals surface area contributed by atoms with Gasteiger partial charge in [0.1, 0.15) is 12.0 Å². The summed E-state index contributed by atoms with van der Waals surface area (Å²) in [5.74, 6) is 1.78. The molecule has 5 heteroatoms. The molecule has 2 aromatic carbocycles. The van der Waals surface area contributed by atoms with E-state index in [2.05, 4.69) is 24.5 Å². The van der Waals surface area contributed by atoms with E-state index in [-0.39, 0.29) is 5.54 Å².